The summed E-state index contributed by atoms with van der Waals surface area (Å²) in [5.41, 5.74) is 0.949. The van der Waals surface area contributed by atoms with E-state index in [-0.39, 0.29) is 11.2 Å². The zero-order valence-corrected chi connectivity index (χ0v) is 16.8. The first-order valence-electron chi connectivity index (χ1n) is 9.02. The smallest absolute Gasteiger partial charge is 0.240 e. The molecule has 8 heteroatoms. The Balaban J connectivity index is 1.52. The van der Waals surface area contributed by atoms with E-state index in [2.05, 4.69) is 15.2 Å². The molecule has 1 saturated heterocycles. The highest BCUT2D eigenvalue weighted by atomic mass is 32.2. The molecule has 1 N–H and O–H groups in total. The van der Waals surface area contributed by atoms with Crippen LogP contribution in [0.15, 0.2) is 53.0 Å². The predicted octanol–water partition coefficient (Wildman–Crippen LogP) is 3.73. The Hall–Kier alpha value is -2.42. The van der Waals surface area contributed by atoms with Gasteiger partial charge in [-0.1, -0.05) is 48.2 Å². The van der Waals surface area contributed by atoms with Crippen molar-refractivity contribution in [1.29, 1.82) is 0 Å². The molecular formula is C20H20N4O2S2. The molecule has 1 aliphatic heterocycles. The van der Waals surface area contributed by atoms with Crippen LogP contribution >= 0.6 is 23.1 Å². The summed E-state index contributed by atoms with van der Waals surface area (Å²) in [6.07, 6.45) is 3.89. The molecule has 0 aliphatic carbocycles. The third-order valence-electron chi connectivity index (χ3n) is 4.30. The number of carbonyl (C=O) groups excluding carboxylic acids is 1. The molecule has 0 spiro atoms. The standard InChI is InChI=1S/C20H20N4O2S2/c25-19(24-10-12-26-13-11-24)18(15-5-2-1-3-6-15)28-20-21-17(22-23-20)9-8-16-7-4-14-27-16/h1-9,14,18H,10-13H2,(H,21,22,23)/b9-8+. The van der Waals surface area contributed by atoms with E-state index >= 15 is 0 Å². The van der Waals surface area contributed by atoms with E-state index < -0.39 is 0 Å². The number of thioether (sulfide) groups is 1. The number of thiophene rings is 1. The van der Waals surface area contributed by atoms with Gasteiger partial charge in [0.15, 0.2) is 0 Å². The van der Waals surface area contributed by atoms with Crippen LogP contribution in [0.1, 0.15) is 21.5 Å². The molecule has 1 aliphatic rings. The van der Waals surface area contributed by atoms with Gasteiger partial charge in [0.25, 0.3) is 0 Å². The normalized spacial score (nSPS) is 15.8. The molecule has 2 aromatic heterocycles. The van der Waals surface area contributed by atoms with Gasteiger partial charge in [0, 0.05) is 18.0 Å². The van der Waals surface area contributed by atoms with E-state index in [1.807, 2.05) is 64.9 Å². The van der Waals surface area contributed by atoms with Gasteiger partial charge >= 0.3 is 0 Å². The van der Waals surface area contributed by atoms with Gasteiger partial charge in [0.2, 0.25) is 11.1 Å². The summed E-state index contributed by atoms with van der Waals surface area (Å²) in [5.74, 6) is 0.738. The zero-order chi connectivity index (χ0) is 19.2. The number of aromatic nitrogens is 3. The highest BCUT2D eigenvalue weighted by Gasteiger charge is 2.29. The lowest BCUT2D eigenvalue weighted by molar-refractivity contribution is -0.134. The lowest BCUT2D eigenvalue weighted by Crippen LogP contribution is -2.42. The van der Waals surface area contributed by atoms with Crippen LogP contribution in [0, 0.1) is 0 Å². The van der Waals surface area contributed by atoms with Crippen molar-refractivity contribution in [3.8, 4) is 0 Å². The maximum atomic E-state index is 13.2. The number of rotatable bonds is 6. The van der Waals surface area contributed by atoms with Crippen molar-refractivity contribution in [3.63, 3.8) is 0 Å². The second-order valence-corrected chi connectivity index (χ2v) is 8.25. The summed E-state index contributed by atoms with van der Waals surface area (Å²) in [4.78, 5) is 20.7. The summed E-state index contributed by atoms with van der Waals surface area (Å²) in [6, 6.07) is 13.8. The summed E-state index contributed by atoms with van der Waals surface area (Å²) < 4.78 is 5.38. The molecule has 144 valence electrons. The number of ether oxygens (including phenoxy) is 1. The second-order valence-electron chi connectivity index (χ2n) is 6.20. The minimum absolute atomic E-state index is 0.0694. The Kier molecular flexibility index (Phi) is 6.20. The number of nitrogens with zero attached hydrogens (tertiary/aromatic N) is 3. The number of H-pyrrole nitrogens is 1. The van der Waals surface area contributed by atoms with Crippen molar-refractivity contribution >= 4 is 41.2 Å². The molecule has 0 bridgehead atoms. The molecule has 1 fully saturated rings. The highest BCUT2D eigenvalue weighted by molar-refractivity contribution is 8.00. The lowest BCUT2D eigenvalue weighted by atomic mass is 10.1. The Morgan fingerprint density at radius 2 is 2.00 bits per heavy atom. The molecule has 3 aromatic rings. The number of hydrogen-bond acceptors (Lipinski definition) is 6. The van der Waals surface area contributed by atoms with Gasteiger partial charge in [-0.3, -0.25) is 9.89 Å². The number of carbonyl (C=O) groups is 1. The average Bonchev–Trinajstić information content (AvgIpc) is 3.43. The van der Waals surface area contributed by atoms with Crippen LogP contribution in [-0.2, 0) is 9.53 Å². The topological polar surface area (TPSA) is 71.1 Å². The van der Waals surface area contributed by atoms with Crippen LogP contribution in [0.25, 0.3) is 12.2 Å². The Bertz CT molecular complexity index is 919. The molecule has 1 unspecified atom stereocenters. The first-order valence-corrected chi connectivity index (χ1v) is 10.8. The average molecular weight is 413 g/mol. The molecule has 4 rings (SSSR count). The maximum absolute atomic E-state index is 13.2. The first kappa shape index (κ1) is 18.9. The molecule has 1 amide bonds. The summed E-state index contributed by atoms with van der Waals surface area (Å²) >= 11 is 3.03. The fourth-order valence-corrected chi connectivity index (χ4v) is 4.50. The van der Waals surface area contributed by atoms with Crippen molar-refractivity contribution < 1.29 is 9.53 Å². The van der Waals surface area contributed by atoms with E-state index in [1.54, 1.807) is 11.3 Å². The van der Waals surface area contributed by atoms with E-state index in [1.165, 1.54) is 11.8 Å². The van der Waals surface area contributed by atoms with E-state index in [0.29, 0.717) is 37.3 Å². The van der Waals surface area contributed by atoms with Crippen LogP contribution < -0.4 is 0 Å². The van der Waals surface area contributed by atoms with Crippen molar-refractivity contribution in [2.75, 3.05) is 26.3 Å². The number of benzene rings is 1. The second kappa shape index (κ2) is 9.18. The van der Waals surface area contributed by atoms with Gasteiger partial charge in [0.05, 0.1) is 13.2 Å². The number of nitrogens with one attached hydrogen (secondary N) is 1. The van der Waals surface area contributed by atoms with Gasteiger partial charge < -0.3 is 9.64 Å². The first-order chi connectivity index (χ1) is 13.8. The molecule has 3 heterocycles. The SMILES string of the molecule is O=C(C(Sc1n[nH]c(/C=C/c2cccs2)n1)c1ccccc1)N1CCOCC1. The molecule has 0 saturated carbocycles. The molecule has 1 aromatic carbocycles. The van der Waals surface area contributed by atoms with Crippen LogP contribution in [0.5, 0.6) is 0 Å². The molecule has 1 atom stereocenters. The molecule has 28 heavy (non-hydrogen) atoms. The Labute approximate surface area is 171 Å². The number of aromatic amines is 1. The molecule has 6 nitrogen and oxygen atoms in total. The van der Waals surface area contributed by atoms with Gasteiger partial charge in [0.1, 0.15) is 11.1 Å². The largest absolute Gasteiger partial charge is 0.378 e. The minimum Gasteiger partial charge on any atom is -0.378 e. The third-order valence-corrected chi connectivity index (χ3v) is 6.24. The van der Waals surface area contributed by atoms with Gasteiger partial charge in [-0.15, -0.1) is 16.4 Å². The Morgan fingerprint density at radius 1 is 1.18 bits per heavy atom. The number of morpholine rings is 1. The fraction of sp³-hybridized carbons (Fsp3) is 0.250. The van der Waals surface area contributed by atoms with Gasteiger partial charge in [-0.25, -0.2) is 4.98 Å². The number of amides is 1. The summed E-state index contributed by atoms with van der Waals surface area (Å²) in [6.45, 7) is 2.39. The molecular weight excluding hydrogens is 392 g/mol. The van der Waals surface area contributed by atoms with Crippen molar-refractivity contribution in [2.24, 2.45) is 0 Å². The number of hydrogen-bond donors (Lipinski definition) is 1. The van der Waals surface area contributed by atoms with Crippen LogP contribution in [-0.4, -0.2) is 52.3 Å². The van der Waals surface area contributed by atoms with Gasteiger partial charge in [-0.2, -0.15) is 0 Å². The summed E-state index contributed by atoms with van der Waals surface area (Å²) in [7, 11) is 0. The lowest BCUT2D eigenvalue weighted by Gasteiger charge is -2.30. The monoisotopic (exact) mass is 412 g/mol. The van der Waals surface area contributed by atoms with Crippen molar-refractivity contribution in [3.05, 3.63) is 64.1 Å². The van der Waals surface area contributed by atoms with Crippen LogP contribution in [0.2, 0.25) is 0 Å². The minimum atomic E-state index is -0.385. The van der Waals surface area contributed by atoms with E-state index in [9.17, 15) is 4.79 Å². The quantitative estimate of drug-likeness (QED) is 0.625. The highest BCUT2D eigenvalue weighted by Crippen LogP contribution is 2.35. The molecule has 0 radical (unpaired) electrons. The van der Waals surface area contributed by atoms with Crippen LogP contribution in [0.3, 0.4) is 0 Å². The van der Waals surface area contributed by atoms with E-state index in [0.717, 1.165) is 10.4 Å². The predicted molar refractivity (Wildman–Crippen MR) is 112 cm³/mol. The maximum Gasteiger partial charge on any atom is 0.240 e. The van der Waals surface area contributed by atoms with Crippen molar-refractivity contribution in [2.45, 2.75) is 10.4 Å². The fourth-order valence-electron chi connectivity index (χ4n) is 2.88. The summed E-state index contributed by atoms with van der Waals surface area (Å²) in [5, 5.41) is 9.43. The van der Waals surface area contributed by atoms with Gasteiger partial charge in [-0.05, 0) is 29.2 Å². The van der Waals surface area contributed by atoms with Crippen LogP contribution in [0.4, 0.5) is 0 Å². The van der Waals surface area contributed by atoms with Crippen molar-refractivity contribution in [1.82, 2.24) is 20.1 Å². The third kappa shape index (κ3) is 4.70. The zero-order valence-electron chi connectivity index (χ0n) is 15.2. The van der Waals surface area contributed by atoms with E-state index in [4.69, 9.17) is 4.74 Å². The Morgan fingerprint density at radius 3 is 2.75 bits per heavy atom.